The fraction of sp³-hybridized carbons (Fsp3) is 0.659. The summed E-state index contributed by atoms with van der Waals surface area (Å²) in [7, 11) is 5.19. The lowest BCUT2D eigenvalue weighted by molar-refractivity contribution is -0.608. The number of carbonyl (C=O) groups excluding carboxylic acids is 5. The van der Waals surface area contributed by atoms with Crippen molar-refractivity contribution in [3.63, 3.8) is 0 Å². The van der Waals surface area contributed by atoms with Crippen LogP contribution in [0.15, 0.2) is 35.7 Å². The third-order valence-corrected chi connectivity index (χ3v) is 15.4. The molecule has 7 aliphatic carbocycles. The van der Waals surface area contributed by atoms with Crippen LogP contribution in [0.5, 0.6) is 0 Å². The fourth-order valence-corrected chi connectivity index (χ4v) is 12.9. The summed E-state index contributed by atoms with van der Waals surface area (Å²) in [6.45, 7) is 7.17. The number of aromatic nitrogens is 1. The first kappa shape index (κ1) is 37.1. The molecule has 0 radical (unpaired) electrons. The second-order valence-electron chi connectivity index (χ2n) is 17.2. The molecule has 2 aromatic rings. The van der Waals surface area contributed by atoms with E-state index in [-0.39, 0.29) is 59.2 Å². The first-order chi connectivity index (χ1) is 25.8. The number of esters is 2. The van der Waals surface area contributed by atoms with Crippen LogP contribution in [0.1, 0.15) is 80.5 Å². The van der Waals surface area contributed by atoms with Crippen molar-refractivity contribution in [3.05, 3.63) is 52.0 Å². The van der Waals surface area contributed by atoms with Gasteiger partial charge in [0.15, 0.2) is 6.10 Å². The van der Waals surface area contributed by atoms with E-state index in [0.717, 1.165) is 18.4 Å². The molecule has 7 aliphatic rings. The SMILES string of the molecule is CNC12C3C4C1C1C2C3C41C(=O)N[C@H](C(=O)N(C)[C@H](C[C@@H](OC(C)=O)c1nc(C(=O)N[C@@H](Cc2ccccc2)C[C@H](C)C(=O)OC)cs1)C(C)C)C1CC1. The lowest BCUT2D eigenvalue weighted by Crippen LogP contribution is -3.16. The van der Waals surface area contributed by atoms with Crippen molar-refractivity contribution >= 4 is 41.0 Å². The van der Waals surface area contributed by atoms with Crippen LogP contribution in [0.3, 0.4) is 0 Å². The van der Waals surface area contributed by atoms with Gasteiger partial charge in [0.25, 0.3) is 5.91 Å². The molecule has 1 aromatic heterocycles. The number of benzene rings is 1. The van der Waals surface area contributed by atoms with E-state index in [4.69, 9.17) is 9.47 Å². The van der Waals surface area contributed by atoms with E-state index >= 15 is 0 Å². The van der Waals surface area contributed by atoms with Crippen molar-refractivity contribution in [3.8, 4) is 0 Å². The molecule has 290 valence electrons. The second-order valence-corrected chi connectivity index (χ2v) is 18.1. The lowest BCUT2D eigenvalue weighted by Gasteiger charge is -3.10. The van der Waals surface area contributed by atoms with E-state index in [1.54, 1.807) is 24.3 Å². The smallest absolute Gasteiger partial charge is 0.308 e. The van der Waals surface area contributed by atoms with Gasteiger partial charge in [-0.25, -0.2) is 4.98 Å². The molecule has 1 aromatic carbocycles. The highest BCUT2D eigenvalue weighted by atomic mass is 32.1. The van der Waals surface area contributed by atoms with Crippen LogP contribution in [-0.2, 0) is 35.1 Å². The van der Waals surface area contributed by atoms with Crippen LogP contribution < -0.4 is 16.0 Å². The fourth-order valence-electron chi connectivity index (χ4n) is 12.1. The summed E-state index contributed by atoms with van der Waals surface area (Å²) in [5.41, 5.74) is 1.27. The Kier molecular flexibility index (Phi) is 9.22. The molecule has 3 amide bonds. The minimum atomic E-state index is -0.796. The number of methoxy groups -OCH3 is 1. The van der Waals surface area contributed by atoms with Crippen LogP contribution in [0, 0.1) is 58.7 Å². The molecule has 3 N–H and O–H groups in total. The molecule has 7 fully saturated rings. The number of amides is 3. The van der Waals surface area contributed by atoms with Crippen LogP contribution in [-0.4, -0.2) is 84.4 Å². The zero-order valence-corrected chi connectivity index (χ0v) is 33.0. The van der Waals surface area contributed by atoms with Crippen molar-refractivity contribution in [2.45, 2.75) is 89.6 Å². The Morgan fingerprint density at radius 2 is 1.61 bits per heavy atom. The summed E-state index contributed by atoms with van der Waals surface area (Å²) in [6, 6.07) is 8.46. The topological polar surface area (TPSA) is 156 Å². The average molecular weight is 760 g/mol. The van der Waals surface area contributed by atoms with Crippen molar-refractivity contribution in [2.24, 2.45) is 58.7 Å². The number of carbonyl (C=O) groups is 5. The van der Waals surface area contributed by atoms with E-state index in [1.807, 2.05) is 44.2 Å². The summed E-state index contributed by atoms with van der Waals surface area (Å²) in [5.74, 6) is 1.78. The first-order valence-electron chi connectivity index (χ1n) is 19.6. The highest BCUT2D eigenvalue weighted by Crippen LogP contribution is 3.06. The molecule has 0 spiro atoms. The second kappa shape index (κ2) is 13.4. The Balaban J connectivity index is 0.939. The zero-order valence-electron chi connectivity index (χ0n) is 32.2. The monoisotopic (exact) mass is 759 g/mol. The van der Waals surface area contributed by atoms with Gasteiger partial charge in [0.05, 0.1) is 18.4 Å². The first-order valence-corrected chi connectivity index (χ1v) is 20.5. The maximum Gasteiger partial charge on any atom is 0.308 e. The number of ether oxygens (including phenoxy) is 2. The normalized spacial score (nSPS) is 32.7. The number of hydrogen-bond donors (Lipinski definition) is 3. The van der Waals surface area contributed by atoms with Crippen molar-refractivity contribution in [2.75, 3.05) is 21.2 Å². The number of thiazole rings is 1. The Morgan fingerprint density at radius 1 is 0.963 bits per heavy atom. The van der Waals surface area contributed by atoms with Crippen LogP contribution in [0.25, 0.3) is 0 Å². The third-order valence-electron chi connectivity index (χ3n) is 14.4. The number of nitrogens with one attached hydrogen (secondary N) is 3. The minimum Gasteiger partial charge on any atom is -0.469 e. The van der Waals surface area contributed by atoms with Crippen molar-refractivity contribution in [1.29, 1.82) is 0 Å². The quantitative estimate of drug-likeness (QED) is 0.193. The van der Waals surface area contributed by atoms with E-state index in [9.17, 15) is 24.0 Å². The van der Waals surface area contributed by atoms with Gasteiger partial charge in [-0.3, -0.25) is 24.0 Å². The van der Waals surface area contributed by atoms with Gasteiger partial charge < -0.3 is 30.3 Å². The molecule has 5 atom stereocenters. The number of hydrogen-bond acceptors (Lipinski definition) is 10. The van der Waals surface area contributed by atoms with Gasteiger partial charge in [-0.05, 0) is 85.6 Å². The van der Waals surface area contributed by atoms with Crippen LogP contribution >= 0.6 is 11.3 Å². The van der Waals surface area contributed by atoms with Crippen molar-refractivity contribution in [1.82, 2.24) is 25.8 Å². The molecule has 0 saturated heterocycles. The molecule has 13 heteroatoms. The Labute approximate surface area is 320 Å². The van der Waals surface area contributed by atoms with Gasteiger partial charge in [0, 0.05) is 43.4 Å². The van der Waals surface area contributed by atoms with Crippen molar-refractivity contribution < 1.29 is 33.4 Å². The van der Waals surface area contributed by atoms with Crippen LogP contribution in [0.2, 0.25) is 0 Å². The lowest BCUT2D eigenvalue weighted by atomic mass is 8.94. The van der Waals surface area contributed by atoms with Gasteiger partial charge in [0.2, 0.25) is 11.8 Å². The summed E-state index contributed by atoms with van der Waals surface area (Å²) in [5, 5.41) is 12.0. The zero-order chi connectivity index (χ0) is 38.4. The molecular weight excluding hydrogens is 707 g/mol. The van der Waals surface area contributed by atoms with E-state index in [2.05, 4.69) is 28.0 Å². The summed E-state index contributed by atoms with van der Waals surface area (Å²) < 4.78 is 10.8. The Morgan fingerprint density at radius 3 is 2.17 bits per heavy atom. The number of rotatable bonds is 18. The van der Waals surface area contributed by atoms with E-state index < -0.39 is 29.9 Å². The maximum absolute atomic E-state index is 14.3. The van der Waals surface area contributed by atoms with Gasteiger partial charge >= 0.3 is 11.9 Å². The Hall–Kier alpha value is -3.84. The highest BCUT2D eigenvalue weighted by Gasteiger charge is 3.11. The molecular formula is C41H53N5O7S. The molecule has 7 saturated carbocycles. The summed E-state index contributed by atoms with van der Waals surface area (Å²) in [4.78, 5) is 72.9. The minimum absolute atomic E-state index is 0.00662. The van der Waals surface area contributed by atoms with Gasteiger partial charge in [-0.2, -0.15) is 0 Å². The number of nitrogens with zero attached hydrogens (tertiary/aromatic N) is 2. The standard InChI is InChI=1S/C41H53N5O7S/c1-19(2)26(46(6)37(49)34(23-13-14-23)45-39(51)40-28-31-29(40)33-30(40)32(28)41(31,33)42-5)17-27(53-21(4)47)36-44-25(18-54-36)35(48)43-24(15-20(3)38(50)52-7)16-22-11-9-8-10-12-22/h8-12,18-20,23-24,26-34,42H,13-17H2,1-7H3,(H,43,48)(H,45,51)/t20-,24+,26+,27+,28?,29?,30?,31?,32?,33?,34-,40?,41?/m0/s1. The average Bonchev–Trinajstić information content (AvgIpc) is 3.88. The molecule has 54 heavy (non-hydrogen) atoms. The molecule has 0 bridgehead atoms. The maximum atomic E-state index is 14.3. The van der Waals surface area contributed by atoms with E-state index in [1.165, 1.54) is 25.4 Å². The molecule has 9 rings (SSSR count). The van der Waals surface area contributed by atoms with Gasteiger partial charge in [-0.15, -0.1) is 11.3 Å². The summed E-state index contributed by atoms with van der Waals surface area (Å²) in [6.07, 6.45) is 2.19. The van der Waals surface area contributed by atoms with Gasteiger partial charge in [-0.1, -0.05) is 51.1 Å². The predicted molar refractivity (Wildman–Crippen MR) is 200 cm³/mol. The predicted octanol–water partition coefficient (Wildman–Crippen LogP) is 3.77. The molecule has 12 nitrogen and oxygen atoms in total. The van der Waals surface area contributed by atoms with Gasteiger partial charge in [0.1, 0.15) is 16.7 Å². The molecule has 0 unspecified atom stereocenters. The Bertz CT molecular complexity index is 1790. The largest absolute Gasteiger partial charge is 0.469 e. The van der Waals surface area contributed by atoms with E-state index in [0.29, 0.717) is 58.9 Å². The highest BCUT2D eigenvalue weighted by molar-refractivity contribution is 7.09. The summed E-state index contributed by atoms with van der Waals surface area (Å²) >= 11 is 1.23. The molecule has 0 aliphatic heterocycles. The van der Waals surface area contributed by atoms with Crippen LogP contribution in [0.4, 0.5) is 0 Å². The number of likely N-dealkylation sites (N-methyl/N-ethyl adjacent to an activating group) is 1. The third kappa shape index (κ3) is 5.23. The molecule has 1 heterocycles.